The van der Waals surface area contributed by atoms with Gasteiger partial charge in [-0.25, -0.2) is 4.98 Å². The van der Waals surface area contributed by atoms with Crippen LogP contribution in [0.4, 0.5) is 0 Å². The van der Waals surface area contributed by atoms with E-state index in [1.165, 1.54) is 5.01 Å². The Hall–Kier alpha value is -1.21. The molecule has 1 fully saturated rings. The Bertz CT molecular complexity index is 441. The Labute approximate surface area is 116 Å². The molecule has 0 aliphatic carbocycles. The Morgan fingerprint density at radius 1 is 1.53 bits per heavy atom. The van der Waals surface area contributed by atoms with Crippen LogP contribution in [0.1, 0.15) is 34.3 Å². The average Bonchev–Trinajstić information content (AvgIpc) is 2.71. The number of hydrogen-bond donors (Lipinski definition) is 0. The molecule has 1 aliphatic heterocycles. The Morgan fingerprint density at radius 2 is 2.21 bits per heavy atom. The van der Waals surface area contributed by atoms with Crippen LogP contribution in [-0.4, -0.2) is 41.7 Å². The van der Waals surface area contributed by atoms with Gasteiger partial charge in [-0.1, -0.05) is 0 Å². The lowest BCUT2D eigenvalue weighted by atomic mass is 9.98. The first-order valence-corrected chi connectivity index (χ1v) is 7.30. The second-order valence-corrected chi connectivity index (χ2v) is 6.06. The monoisotopic (exact) mass is 285 g/mol. The molecule has 1 saturated heterocycles. The van der Waals surface area contributed by atoms with Crippen LogP contribution < -0.4 is 0 Å². The number of piperidine rings is 1. The van der Waals surface area contributed by atoms with Gasteiger partial charge in [-0.2, -0.15) is 0 Å². The number of rotatable bonds is 5. The lowest BCUT2D eigenvalue weighted by molar-refractivity contribution is -0.757. The highest BCUT2D eigenvalue weighted by Gasteiger charge is 2.22. The standard InChI is InChI=1S/C12H19N3O3S/c1-9-11(5-8-18-15(16)17)19-12(13-9)10-3-6-14(2)7-4-10/h10H,3-8H2,1-2H3. The van der Waals surface area contributed by atoms with Crippen LogP contribution in [-0.2, 0) is 11.3 Å². The highest BCUT2D eigenvalue weighted by Crippen LogP contribution is 2.32. The predicted molar refractivity (Wildman–Crippen MR) is 73.0 cm³/mol. The lowest BCUT2D eigenvalue weighted by Gasteiger charge is -2.27. The van der Waals surface area contributed by atoms with Crippen molar-refractivity contribution >= 4 is 11.3 Å². The molecule has 0 atom stereocenters. The molecule has 0 unspecified atom stereocenters. The normalized spacial score (nSPS) is 17.6. The van der Waals surface area contributed by atoms with E-state index in [0.29, 0.717) is 12.3 Å². The van der Waals surface area contributed by atoms with Crippen molar-refractivity contribution in [2.24, 2.45) is 0 Å². The van der Waals surface area contributed by atoms with Gasteiger partial charge in [-0.05, 0) is 39.9 Å². The minimum absolute atomic E-state index is 0.114. The Morgan fingerprint density at radius 3 is 2.84 bits per heavy atom. The van der Waals surface area contributed by atoms with Crippen LogP contribution in [0.2, 0.25) is 0 Å². The van der Waals surface area contributed by atoms with Crippen molar-refractivity contribution in [1.82, 2.24) is 9.88 Å². The largest absolute Gasteiger partial charge is 0.314 e. The molecule has 0 radical (unpaired) electrons. The molecule has 0 aromatic carbocycles. The number of thiazole rings is 1. The highest BCUT2D eigenvalue weighted by molar-refractivity contribution is 7.11. The molecule has 6 nitrogen and oxygen atoms in total. The maximum atomic E-state index is 10.1. The number of aryl methyl sites for hydroxylation is 1. The van der Waals surface area contributed by atoms with E-state index in [-0.39, 0.29) is 6.61 Å². The molecule has 1 aromatic rings. The summed E-state index contributed by atoms with van der Waals surface area (Å²) < 4.78 is 0. The van der Waals surface area contributed by atoms with Gasteiger partial charge in [0.1, 0.15) is 6.61 Å². The highest BCUT2D eigenvalue weighted by atomic mass is 32.1. The Kier molecular flexibility index (Phi) is 4.71. The average molecular weight is 285 g/mol. The molecular formula is C12H19N3O3S. The number of nitrogens with zero attached hydrogens (tertiary/aromatic N) is 3. The first-order valence-electron chi connectivity index (χ1n) is 6.48. The van der Waals surface area contributed by atoms with Gasteiger partial charge in [0.2, 0.25) is 0 Å². The van der Waals surface area contributed by atoms with Gasteiger partial charge in [0, 0.05) is 17.2 Å². The quantitative estimate of drug-likeness (QED) is 0.611. The van der Waals surface area contributed by atoms with E-state index in [2.05, 4.69) is 21.8 Å². The predicted octanol–water partition coefficient (Wildman–Crippen LogP) is 2.01. The van der Waals surface area contributed by atoms with Crippen molar-refractivity contribution in [1.29, 1.82) is 0 Å². The first-order chi connectivity index (χ1) is 9.06. The van der Waals surface area contributed by atoms with Gasteiger partial charge in [0.05, 0.1) is 10.7 Å². The molecule has 2 rings (SSSR count). The smallest absolute Gasteiger partial charge is 0.294 e. The number of hydrogen-bond acceptors (Lipinski definition) is 6. The molecular weight excluding hydrogens is 266 g/mol. The van der Waals surface area contributed by atoms with Crippen LogP contribution >= 0.6 is 11.3 Å². The summed E-state index contributed by atoms with van der Waals surface area (Å²) in [6.45, 7) is 4.31. The van der Waals surface area contributed by atoms with Gasteiger partial charge < -0.3 is 9.74 Å². The third-order valence-corrected chi connectivity index (χ3v) is 4.88. The van der Waals surface area contributed by atoms with E-state index in [4.69, 9.17) is 0 Å². The van der Waals surface area contributed by atoms with E-state index in [1.54, 1.807) is 11.3 Å². The summed E-state index contributed by atoms with van der Waals surface area (Å²) in [5, 5.41) is 10.6. The van der Waals surface area contributed by atoms with Gasteiger partial charge in [-0.15, -0.1) is 21.5 Å². The van der Waals surface area contributed by atoms with Crippen molar-refractivity contribution in [3.63, 3.8) is 0 Å². The molecule has 0 N–H and O–H groups in total. The van der Waals surface area contributed by atoms with Gasteiger partial charge >= 0.3 is 0 Å². The third-order valence-electron chi connectivity index (χ3n) is 3.50. The fraction of sp³-hybridized carbons (Fsp3) is 0.750. The molecule has 0 spiro atoms. The maximum absolute atomic E-state index is 10.1. The van der Waals surface area contributed by atoms with Crippen molar-refractivity contribution in [3.05, 3.63) is 25.7 Å². The maximum Gasteiger partial charge on any atom is 0.294 e. The second-order valence-electron chi connectivity index (χ2n) is 4.95. The zero-order valence-electron chi connectivity index (χ0n) is 11.3. The molecule has 0 saturated carbocycles. The summed E-state index contributed by atoms with van der Waals surface area (Å²) in [5.74, 6) is 0.546. The summed E-state index contributed by atoms with van der Waals surface area (Å²) in [4.78, 5) is 22.6. The first kappa shape index (κ1) is 14.2. The molecule has 19 heavy (non-hydrogen) atoms. The van der Waals surface area contributed by atoms with Crippen molar-refractivity contribution in [2.75, 3.05) is 26.7 Å². The van der Waals surface area contributed by atoms with Crippen molar-refractivity contribution < 1.29 is 9.92 Å². The molecule has 0 bridgehead atoms. The third kappa shape index (κ3) is 3.87. The topological polar surface area (TPSA) is 68.5 Å². The molecule has 106 valence electrons. The van der Waals surface area contributed by atoms with Crippen molar-refractivity contribution in [3.8, 4) is 0 Å². The summed E-state index contributed by atoms with van der Waals surface area (Å²) in [6, 6.07) is 0. The van der Waals surface area contributed by atoms with Crippen LogP contribution in [0.5, 0.6) is 0 Å². The summed E-state index contributed by atoms with van der Waals surface area (Å²) in [5.41, 5.74) is 0.992. The van der Waals surface area contributed by atoms with E-state index in [1.807, 2.05) is 6.92 Å². The van der Waals surface area contributed by atoms with E-state index < -0.39 is 5.09 Å². The fourth-order valence-electron chi connectivity index (χ4n) is 2.33. The van der Waals surface area contributed by atoms with Crippen LogP contribution in [0.3, 0.4) is 0 Å². The van der Waals surface area contributed by atoms with E-state index in [0.717, 1.165) is 36.5 Å². The second kappa shape index (κ2) is 6.29. The van der Waals surface area contributed by atoms with Crippen LogP contribution in [0.15, 0.2) is 0 Å². The zero-order chi connectivity index (χ0) is 13.8. The SMILES string of the molecule is Cc1nc(C2CCN(C)CC2)sc1CCO[N+](=O)[O-]. The molecule has 1 aliphatic rings. The van der Waals surface area contributed by atoms with E-state index >= 15 is 0 Å². The molecule has 0 amide bonds. The van der Waals surface area contributed by atoms with Crippen LogP contribution in [0.25, 0.3) is 0 Å². The number of likely N-dealkylation sites (tertiary alicyclic amines) is 1. The fourth-order valence-corrected chi connectivity index (χ4v) is 3.54. The van der Waals surface area contributed by atoms with Gasteiger partial charge in [-0.3, -0.25) is 0 Å². The van der Waals surface area contributed by atoms with Gasteiger partial charge in [0.25, 0.3) is 5.09 Å². The van der Waals surface area contributed by atoms with E-state index in [9.17, 15) is 10.1 Å². The molecule has 2 heterocycles. The molecule has 7 heteroatoms. The summed E-state index contributed by atoms with van der Waals surface area (Å²) in [6.07, 6.45) is 2.86. The Balaban J connectivity index is 1.94. The zero-order valence-corrected chi connectivity index (χ0v) is 12.1. The summed E-state index contributed by atoms with van der Waals surface area (Å²) in [7, 11) is 2.14. The number of aromatic nitrogens is 1. The molecule has 1 aromatic heterocycles. The lowest BCUT2D eigenvalue weighted by Crippen LogP contribution is -2.29. The van der Waals surface area contributed by atoms with Crippen molar-refractivity contribution in [2.45, 2.75) is 32.1 Å². The van der Waals surface area contributed by atoms with Gasteiger partial charge in [0.15, 0.2) is 0 Å². The van der Waals surface area contributed by atoms with Crippen LogP contribution in [0, 0.1) is 17.0 Å². The minimum atomic E-state index is -0.742. The minimum Gasteiger partial charge on any atom is -0.314 e. The summed E-state index contributed by atoms with van der Waals surface area (Å²) >= 11 is 1.69.